The molecule has 0 saturated heterocycles. The number of rotatable bonds is 11. The average Bonchev–Trinajstić information content (AvgIpc) is 2.42. The minimum Gasteiger partial charge on any atom is -0.381 e. The first-order valence-corrected chi connectivity index (χ1v) is 6.29. The van der Waals surface area contributed by atoms with E-state index >= 15 is 0 Å². The standard InChI is InChI=1S/C14H21N3O3/c1-3-4-5-12(14(16)19)17-13(18)7-9-20-8-6-11(2)10-15/h1,10,12,15H,2,4-9H2,(H2,16,19)(H,17,18). The third-order valence-corrected chi connectivity index (χ3v) is 2.50. The maximum absolute atomic E-state index is 11.6. The van der Waals surface area contributed by atoms with Crippen LogP contribution in [-0.4, -0.2) is 37.3 Å². The van der Waals surface area contributed by atoms with Crippen molar-refractivity contribution in [3.63, 3.8) is 0 Å². The third-order valence-electron chi connectivity index (χ3n) is 2.50. The van der Waals surface area contributed by atoms with Gasteiger partial charge >= 0.3 is 0 Å². The Hall–Kier alpha value is -2.13. The van der Waals surface area contributed by atoms with E-state index in [2.05, 4.69) is 17.8 Å². The highest BCUT2D eigenvalue weighted by molar-refractivity contribution is 5.86. The topological polar surface area (TPSA) is 105 Å². The zero-order valence-corrected chi connectivity index (χ0v) is 11.5. The maximum atomic E-state index is 11.6. The molecule has 6 heteroatoms. The molecule has 0 radical (unpaired) electrons. The van der Waals surface area contributed by atoms with Crippen molar-refractivity contribution in [2.24, 2.45) is 5.73 Å². The number of amides is 2. The Labute approximate surface area is 119 Å². The second kappa shape index (κ2) is 10.8. The molecular weight excluding hydrogens is 258 g/mol. The smallest absolute Gasteiger partial charge is 0.240 e. The molecule has 4 N–H and O–H groups in total. The average molecular weight is 279 g/mol. The number of hydrogen-bond acceptors (Lipinski definition) is 4. The SMILES string of the molecule is C#CCCC(NC(=O)CCOCCC(=C)C=N)C(N)=O. The van der Waals surface area contributed by atoms with Crippen molar-refractivity contribution in [1.82, 2.24) is 5.32 Å². The Morgan fingerprint density at radius 1 is 1.45 bits per heavy atom. The molecule has 110 valence electrons. The van der Waals surface area contributed by atoms with Gasteiger partial charge in [0.05, 0.1) is 13.2 Å². The quantitative estimate of drug-likeness (QED) is 0.289. The van der Waals surface area contributed by atoms with E-state index in [0.717, 1.165) is 0 Å². The molecule has 0 aromatic carbocycles. The van der Waals surface area contributed by atoms with Gasteiger partial charge in [-0.1, -0.05) is 6.58 Å². The fraction of sp³-hybridized carbons (Fsp3) is 0.500. The van der Waals surface area contributed by atoms with Crippen LogP contribution in [-0.2, 0) is 14.3 Å². The predicted molar refractivity (Wildman–Crippen MR) is 77.2 cm³/mol. The van der Waals surface area contributed by atoms with Crippen molar-refractivity contribution >= 4 is 18.0 Å². The number of nitrogens with one attached hydrogen (secondary N) is 2. The summed E-state index contributed by atoms with van der Waals surface area (Å²) in [4.78, 5) is 22.7. The lowest BCUT2D eigenvalue weighted by molar-refractivity contribution is -0.128. The van der Waals surface area contributed by atoms with Crippen LogP contribution >= 0.6 is 0 Å². The van der Waals surface area contributed by atoms with Crippen LogP contribution in [0.15, 0.2) is 12.2 Å². The summed E-state index contributed by atoms with van der Waals surface area (Å²) in [6.45, 7) is 4.26. The molecular formula is C14H21N3O3. The van der Waals surface area contributed by atoms with Gasteiger partial charge < -0.3 is 21.2 Å². The van der Waals surface area contributed by atoms with Crippen molar-refractivity contribution in [2.75, 3.05) is 13.2 Å². The van der Waals surface area contributed by atoms with Crippen molar-refractivity contribution in [2.45, 2.75) is 31.7 Å². The highest BCUT2D eigenvalue weighted by Gasteiger charge is 2.16. The molecule has 0 fully saturated rings. The highest BCUT2D eigenvalue weighted by atomic mass is 16.5. The van der Waals surface area contributed by atoms with Gasteiger partial charge in [-0.25, -0.2) is 0 Å². The van der Waals surface area contributed by atoms with E-state index < -0.39 is 11.9 Å². The molecule has 0 heterocycles. The van der Waals surface area contributed by atoms with Gasteiger partial charge in [-0.05, 0) is 18.4 Å². The van der Waals surface area contributed by atoms with Gasteiger partial charge in [0.25, 0.3) is 0 Å². The van der Waals surface area contributed by atoms with Crippen LogP contribution in [0.2, 0.25) is 0 Å². The van der Waals surface area contributed by atoms with E-state index in [9.17, 15) is 9.59 Å². The fourth-order valence-electron chi connectivity index (χ4n) is 1.32. The number of hydrogen-bond donors (Lipinski definition) is 3. The minimum absolute atomic E-state index is 0.136. The Morgan fingerprint density at radius 3 is 2.65 bits per heavy atom. The zero-order valence-electron chi connectivity index (χ0n) is 11.5. The van der Waals surface area contributed by atoms with Gasteiger partial charge in [-0.3, -0.25) is 9.59 Å². The second-order valence-corrected chi connectivity index (χ2v) is 4.18. The van der Waals surface area contributed by atoms with E-state index in [1.54, 1.807) is 0 Å². The number of carbonyl (C=O) groups is 2. The van der Waals surface area contributed by atoms with Gasteiger partial charge in [-0.2, -0.15) is 0 Å². The number of primary amides is 1. The molecule has 0 rings (SSSR count). The zero-order chi connectivity index (χ0) is 15.4. The van der Waals surface area contributed by atoms with Crippen LogP contribution in [0.25, 0.3) is 0 Å². The summed E-state index contributed by atoms with van der Waals surface area (Å²) in [6, 6.07) is -0.740. The fourth-order valence-corrected chi connectivity index (χ4v) is 1.32. The number of ether oxygens (including phenoxy) is 1. The summed E-state index contributed by atoms with van der Waals surface area (Å²) in [6.07, 6.45) is 7.66. The molecule has 0 aliphatic rings. The van der Waals surface area contributed by atoms with E-state index in [1.165, 1.54) is 6.21 Å². The normalized spacial score (nSPS) is 11.2. The molecule has 0 aliphatic carbocycles. The Bertz CT molecular complexity index is 399. The number of carbonyl (C=O) groups excluding carboxylic acids is 2. The van der Waals surface area contributed by atoms with Crippen LogP contribution in [0.1, 0.15) is 25.7 Å². The van der Waals surface area contributed by atoms with Crippen molar-refractivity contribution in [3.8, 4) is 12.3 Å². The van der Waals surface area contributed by atoms with Gasteiger partial charge in [0.1, 0.15) is 6.04 Å². The lowest BCUT2D eigenvalue weighted by atomic mass is 10.1. The van der Waals surface area contributed by atoms with E-state index in [1.807, 2.05) is 0 Å². The molecule has 0 saturated carbocycles. The maximum Gasteiger partial charge on any atom is 0.240 e. The van der Waals surface area contributed by atoms with Gasteiger partial charge in [0, 0.05) is 19.1 Å². The molecule has 1 atom stereocenters. The highest BCUT2D eigenvalue weighted by Crippen LogP contribution is 1.98. The van der Waals surface area contributed by atoms with Gasteiger partial charge in [0.2, 0.25) is 11.8 Å². The van der Waals surface area contributed by atoms with Crippen molar-refractivity contribution in [3.05, 3.63) is 12.2 Å². The summed E-state index contributed by atoms with van der Waals surface area (Å²) >= 11 is 0. The van der Waals surface area contributed by atoms with Gasteiger partial charge in [0.15, 0.2) is 0 Å². The molecule has 0 aliphatic heterocycles. The van der Waals surface area contributed by atoms with E-state index in [0.29, 0.717) is 31.4 Å². The van der Waals surface area contributed by atoms with Crippen LogP contribution in [0.3, 0.4) is 0 Å². The number of nitrogens with two attached hydrogens (primary N) is 1. The van der Waals surface area contributed by atoms with Crippen LogP contribution in [0, 0.1) is 17.8 Å². The molecule has 0 aromatic heterocycles. The van der Waals surface area contributed by atoms with Crippen LogP contribution < -0.4 is 11.1 Å². The molecule has 0 bridgehead atoms. The Morgan fingerprint density at radius 2 is 2.10 bits per heavy atom. The lowest BCUT2D eigenvalue weighted by Gasteiger charge is -2.14. The monoisotopic (exact) mass is 279 g/mol. The number of terminal acetylenes is 1. The molecule has 2 amide bonds. The summed E-state index contributed by atoms with van der Waals surface area (Å²) in [5.41, 5.74) is 5.83. The lowest BCUT2D eigenvalue weighted by Crippen LogP contribution is -2.44. The van der Waals surface area contributed by atoms with Crippen molar-refractivity contribution < 1.29 is 14.3 Å². The molecule has 6 nitrogen and oxygen atoms in total. The minimum atomic E-state index is -0.740. The second-order valence-electron chi connectivity index (χ2n) is 4.18. The Kier molecular flexibility index (Phi) is 9.62. The summed E-state index contributed by atoms with van der Waals surface area (Å²) in [5, 5.41) is 9.45. The largest absolute Gasteiger partial charge is 0.381 e. The predicted octanol–water partition coefficient (Wildman–Crippen LogP) is 0.372. The molecule has 0 spiro atoms. The molecule has 1 unspecified atom stereocenters. The van der Waals surface area contributed by atoms with Gasteiger partial charge in [-0.15, -0.1) is 12.3 Å². The first-order valence-electron chi connectivity index (χ1n) is 6.29. The molecule has 20 heavy (non-hydrogen) atoms. The summed E-state index contributed by atoms with van der Waals surface area (Å²) < 4.78 is 5.23. The Balaban J connectivity index is 3.85. The molecule has 0 aromatic rings. The van der Waals surface area contributed by atoms with Crippen molar-refractivity contribution in [1.29, 1.82) is 5.41 Å². The summed E-state index contributed by atoms with van der Waals surface area (Å²) in [7, 11) is 0. The third kappa shape index (κ3) is 8.89. The van der Waals surface area contributed by atoms with E-state index in [-0.39, 0.29) is 18.9 Å². The van der Waals surface area contributed by atoms with Crippen LogP contribution in [0.4, 0.5) is 0 Å². The first-order chi connectivity index (χ1) is 9.51. The first kappa shape index (κ1) is 17.9. The van der Waals surface area contributed by atoms with Crippen LogP contribution in [0.5, 0.6) is 0 Å². The van der Waals surface area contributed by atoms with E-state index in [4.69, 9.17) is 22.3 Å². The summed E-state index contributed by atoms with van der Waals surface area (Å²) in [5.74, 6) is 1.48.